The van der Waals surface area contributed by atoms with Gasteiger partial charge in [0.25, 0.3) is 0 Å². The van der Waals surface area contributed by atoms with E-state index in [1.807, 2.05) is 6.92 Å². The molecule has 82 valence electrons. The van der Waals surface area contributed by atoms with Gasteiger partial charge in [-0.15, -0.1) is 0 Å². The average Bonchev–Trinajstić information content (AvgIpc) is 2.01. The van der Waals surface area contributed by atoms with Crippen molar-refractivity contribution in [3.8, 4) is 0 Å². The monoisotopic (exact) mass is 258 g/mol. The van der Waals surface area contributed by atoms with Crippen molar-refractivity contribution in [3.63, 3.8) is 0 Å². The zero-order valence-corrected chi connectivity index (χ0v) is 10.4. The lowest BCUT2D eigenvalue weighted by molar-refractivity contribution is -0.139. The van der Waals surface area contributed by atoms with E-state index in [4.69, 9.17) is 39.5 Å². The molecular weight excluding hydrogens is 246 g/mol. The van der Waals surface area contributed by atoms with Gasteiger partial charge in [0.2, 0.25) is 3.79 Å². The molecule has 0 heterocycles. The van der Waals surface area contributed by atoms with Gasteiger partial charge in [-0.2, -0.15) is 0 Å². The Hall–Kier alpha value is 0.0800. The van der Waals surface area contributed by atoms with Crippen LogP contribution < -0.4 is 0 Å². The van der Waals surface area contributed by atoms with Crippen LogP contribution in [-0.2, 0) is 9.53 Å². The molecule has 0 saturated carbocycles. The number of halogens is 3. The number of esters is 1. The van der Waals surface area contributed by atoms with Crippen LogP contribution >= 0.6 is 34.8 Å². The molecule has 14 heavy (non-hydrogen) atoms. The molecule has 0 aromatic rings. The van der Waals surface area contributed by atoms with Gasteiger partial charge in [0.05, 0.1) is 6.61 Å². The number of rotatable bonds is 4. The number of allylic oxidation sites excluding steroid dienone is 1. The summed E-state index contributed by atoms with van der Waals surface area (Å²) in [5.41, 5.74) is 0.307. The smallest absolute Gasteiger partial charge is 0.333 e. The third-order valence-electron chi connectivity index (χ3n) is 1.43. The number of ether oxygens (including phenoxy) is 1. The number of carbonyl (C=O) groups excluding carboxylic acids is 1. The van der Waals surface area contributed by atoms with E-state index in [-0.39, 0.29) is 0 Å². The minimum absolute atomic E-state index is 0.307. The van der Waals surface area contributed by atoms with E-state index < -0.39 is 9.76 Å². The first kappa shape index (κ1) is 14.1. The first-order valence-electron chi connectivity index (χ1n) is 4.30. The number of unbranched alkanes of at least 4 members (excludes halogenated alkanes) is 1. The molecule has 0 bridgehead atoms. The molecule has 0 amide bonds. The molecule has 0 aliphatic heterocycles. The standard InChI is InChI=1S/C9H13Cl3O2/c1-3-4-5-14-8(13)7(2)6-9(10,11)12/h6H,3-5H2,1-2H3. The fourth-order valence-electron chi connectivity index (χ4n) is 0.727. The van der Waals surface area contributed by atoms with Gasteiger partial charge in [-0.25, -0.2) is 4.79 Å². The number of hydrogen-bond donors (Lipinski definition) is 0. The highest BCUT2D eigenvalue weighted by molar-refractivity contribution is 6.69. The highest BCUT2D eigenvalue weighted by atomic mass is 35.6. The maximum absolute atomic E-state index is 11.2. The second-order valence-corrected chi connectivity index (χ2v) is 5.23. The Morgan fingerprint density at radius 1 is 1.43 bits per heavy atom. The van der Waals surface area contributed by atoms with Gasteiger partial charge in [0.1, 0.15) is 0 Å². The minimum atomic E-state index is -1.55. The van der Waals surface area contributed by atoms with Crippen molar-refractivity contribution in [2.75, 3.05) is 6.61 Å². The number of alkyl halides is 3. The van der Waals surface area contributed by atoms with E-state index in [9.17, 15) is 4.79 Å². The topological polar surface area (TPSA) is 26.3 Å². The normalized spacial score (nSPS) is 12.8. The molecule has 0 rings (SSSR count). The predicted octanol–water partition coefficient (Wildman–Crippen LogP) is 3.65. The molecule has 0 unspecified atom stereocenters. The van der Waals surface area contributed by atoms with Crippen molar-refractivity contribution in [1.29, 1.82) is 0 Å². The van der Waals surface area contributed by atoms with E-state index in [0.29, 0.717) is 12.2 Å². The Kier molecular flexibility index (Phi) is 6.58. The lowest BCUT2D eigenvalue weighted by atomic mass is 10.3. The van der Waals surface area contributed by atoms with Crippen molar-refractivity contribution in [2.45, 2.75) is 30.5 Å². The highest BCUT2D eigenvalue weighted by Crippen LogP contribution is 2.28. The van der Waals surface area contributed by atoms with Crippen LogP contribution in [-0.4, -0.2) is 16.4 Å². The maximum Gasteiger partial charge on any atom is 0.333 e. The lowest BCUT2D eigenvalue weighted by Crippen LogP contribution is -2.09. The van der Waals surface area contributed by atoms with E-state index in [2.05, 4.69) is 0 Å². The fourth-order valence-corrected chi connectivity index (χ4v) is 1.22. The minimum Gasteiger partial charge on any atom is -0.462 e. The highest BCUT2D eigenvalue weighted by Gasteiger charge is 2.18. The van der Waals surface area contributed by atoms with Gasteiger partial charge in [-0.3, -0.25) is 0 Å². The summed E-state index contributed by atoms with van der Waals surface area (Å²) in [5.74, 6) is -0.440. The lowest BCUT2D eigenvalue weighted by Gasteiger charge is -2.07. The van der Waals surface area contributed by atoms with Gasteiger partial charge in [-0.05, 0) is 19.4 Å². The molecule has 2 nitrogen and oxygen atoms in total. The molecule has 0 N–H and O–H groups in total. The van der Waals surface area contributed by atoms with Crippen LogP contribution in [0.3, 0.4) is 0 Å². The third-order valence-corrected chi connectivity index (χ3v) is 1.76. The molecule has 0 saturated heterocycles. The summed E-state index contributed by atoms with van der Waals surface area (Å²) in [6, 6.07) is 0. The largest absolute Gasteiger partial charge is 0.462 e. The fraction of sp³-hybridized carbons (Fsp3) is 0.667. The Bertz CT molecular complexity index is 219. The molecular formula is C9H13Cl3O2. The van der Waals surface area contributed by atoms with Gasteiger partial charge in [0, 0.05) is 5.57 Å². The van der Waals surface area contributed by atoms with Crippen molar-refractivity contribution < 1.29 is 9.53 Å². The van der Waals surface area contributed by atoms with Crippen LogP contribution in [0.25, 0.3) is 0 Å². The molecule has 0 aliphatic rings. The third kappa shape index (κ3) is 7.48. The molecule has 0 atom stereocenters. The number of carbonyl (C=O) groups is 1. The van der Waals surface area contributed by atoms with Crippen molar-refractivity contribution in [1.82, 2.24) is 0 Å². The van der Waals surface area contributed by atoms with E-state index >= 15 is 0 Å². The first-order chi connectivity index (χ1) is 6.37. The SMILES string of the molecule is CCCCOC(=O)C(C)=CC(Cl)(Cl)Cl. The zero-order valence-electron chi connectivity index (χ0n) is 8.15. The van der Waals surface area contributed by atoms with Crippen LogP contribution in [0.15, 0.2) is 11.6 Å². The van der Waals surface area contributed by atoms with Crippen LogP contribution in [0.2, 0.25) is 0 Å². The first-order valence-corrected chi connectivity index (χ1v) is 5.43. The van der Waals surface area contributed by atoms with E-state index in [0.717, 1.165) is 12.8 Å². The molecule has 0 fully saturated rings. The van der Waals surface area contributed by atoms with Crippen LogP contribution in [0.4, 0.5) is 0 Å². The molecule has 0 aromatic heterocycles. The number of hydrogen-bond acceptors (Lipinski definition) is 2. The summed E-state index contributed by atoms with van der Waals surface area (Å²) in [6.07, 6.45) is 3.05. The molecule has 0 spiro atoms. The van der Waals surface area contributed by atoms with Crippen LogP contribution in [0.5, 0.6) is 0 Å². The van der Waals surface area contributed by atoms with Gasteiger partial charge in [-0.1, -0.05) is 48.1 Å². The van der Waals surface area contributed by atoms with Gasteiger partial charge >= 0.3 is 5.97 Å². The molecule has 0 aliphatic carbocycles. The van der Waals surface area contributed by atoms with Gasteiger partial charge in [0.15, 0.2) is 0 Å². The van der Waals surface area contributed by atoms with Gasteiger partial charge < -0.3 is 4.74 Å². The summed E-state index contributed by atoms with van der Waals surface area (Å²) in [6.45, 7) is 3.97. The summed E-state index contributed by atoms with van der Waals surface area (Å²) in [4.78, 5) is 11.2. The Labute approximate surface area is 99.2 Å². The summed E-state index contributed by atoms with van der Waals surface area (Å²) in [5, 5.41) is 0. The Morgan fingerprint density at radius 2 is 2.00 bits per heavy atom. The summed E-state index contributed by atoms with van der Waals surface area (Å²) < 4.78 is 3.36. The Morgan fingerprint density at radius 3 is 2.43 bits per heavy atom. The van der Waals surface area contributed by atoms with E-state index in [1.54, 1.807) is 6.92 Å². The van der Waals surface area contributed by atoms with Crippen molar-refractivity contribution in [3.05, 3.63) is 11.6 Å². The summed E-state index contributed by atoms with van der Waals surface area (Å²) >= 11 is 16.4. The maximum atomic E-state index is 11.2. The average molecular weight is 260 g/mol. The van der Waals surface area contributed by atoms with E-state index in [1.165, 1.54) is 6.08 Å². The predicted molar refractivity (Wildman–Crippen MR) is 59.9 cm³/mol. The Balaban J connectivity index is 4.06. The van der Waals surface area contributed by atoms with Crippen molar-refractivity contribution in [2.24, 2.45) is 0 Å². The quantitative estimate of drug-likeness (QED) is 0.333. The van der Waals surface area contributed by atoms with Crippen LogP contribution in [0, 0.1) is 0 Å². The molecule has 0 aromatic carbocycles. The summed E-state index contributed by atoms with van der Waals surface area (Å²) in [7, 11) is 0. The van der Waals surface area contributed by atoms with Crippen LogP contribution in [0.1, 0.15) is 26.7 Å². The second kappa shape index (κ2) is 6.54. The van der Waals surface area contributed by atoms with Crippen molar-refractivity contribution >= 4 is 40.8 Å². The molecule has 0 radical (unpaired) electrons. The zero-order chi connectivity index (χ0) is 11.2. The second-order valence-electron chi connectivity index (χ2n) is 2.86. The molecule has 5 heteroatoms.